The minimum absolute atomic E-state index is 0.0617. The summed E-state index contributed by atoms with van der Waals surface area (Å²) in [7, 11) is 0. The van der Waals surface area contributed by atoms with Gasteiger partial charge in [0.1, 0.15) is 11.6 Å². The Morgan fingerprint density at radius 1 is 1.15 bits per heavy atom. The van der Waals surface area contributed by atoms with E-state index in [9.17, 15) is 18.0 Å². The Morgan fingerprint density at radius 3 is 2.74 bits per heavy atom. The molecule has 4 aromatic rings. The number of aromatic nitrogens is 1. The van der Waals surface area contributed by atoms with E-state index < -0.39 is 17.5 Å². The van der Waals surface area contributed by atoms with Gasteiger partial charge in [0.2, 0.25) is 0 Å². The van der Waals surface area contributed by atoms with Crippen LogP contribution < -0.4 is 10.1 Å². The molecule has 1 amide bonds. The third kappa shape index (κ3) is 3.81. The molecular weight excluding hydrogens is 461 g/mol. The average Bonchev–Trinajstić information content (AvgIpc) is 3.22. The van der Waals surface area contributed by atoms with Crippen molar-refractivity contribution in [2.45, 2.75) is 32.2 Å². The van der Waals surface area contributed by atoms with Gasteiger partial charge in [-0.05, 0) is 24.1 Å². The number of nitrogens with one attached hydrogen (secondary N) is 1. The molecule has 8 heteroatoms. The van der Waals surface area contributed by atoms with E-state index in [-0.39, 0.29) is 23.4 Å². The van der Waals surface area contributed by atoms with Gasteiger partial charge >= 0.3 is 0 Å². The van der Waals surface area contributed by atoms with E-state index in [0.29, 0.717) is 39.8 Å². The van der Waals surface area contributed by atoms with Gasteiger partial charge in [0.25, 0.3) is 5.91 Å². The summed E-state index contributed by atoms with van der Waals surface area (Å²) in [5, 5.41) is 3.11. The minimum Gasteiger partial charge on any atom is -0.493 e. The molecule has 0 saturated carbocycles. The molecule has 0 unspecified atom stereocenters. The molecule has 34 heavy (non-hydrogen) atoms. The van der Waals surface area contributed by atoms with Crippen molar-refractivity contribution in [2.24, 2.45) is 0 Å². The topological polar surface area (TPSA) is 51.2 Å². The lowest BCUT2D eigenvalue weighted by Gasteiger charge is -2.26. The Kier molecular flexibility index (Phi) is 5.77. The Bertz CT molecular complexity index is 1420. The summed E-state index contributed by atoms with van der Waals surface area (Å²) in [6.07, 6.45) is 2.09. The number of benzene rings is 2. The van der Waals surface area contributed by atoms with Crippen LogP contribution in [0.25, 0.3) is 21.3 Å². The summed E-state index contributed by atoms with van der Waals surface area (Å²) >= 11 is 1.15. The Labute approximate surface area is 198 Å². The van der Waals surface area contributed by atoms with Crippen molar-refractivity contribution < 1.29 is 22.7 Å². The number of halogens is 3. The van der Waals surface area contributed by atoms with Crippen LogP contribution in [-0.2, 0) is 0 Å². The largest absolute Gasteiger partial charge is 0.493 e. The number of thiophene rings is 1. The van der Waals surface area contributed by atoms with E-state index >= 15 is 0 Å². The number of fused-ring (bicyclic) bond motifs is 2. The summed E-state index contributed by atoms with van der Waals surface area (Å²) in [6, 6.07) is 10.3. The zero-order chi connectivity index (χ0) is 24.0. The Hall–Kier alpha value is -3.39. The smallest absolute Gasteiger partial charge is 0.262 e. The van der Waals surface area contributed by atoms with Gasteiger partial charge in [-0.15, -0.1) is 11.3 Å². The molecule has 2 aromatic heterocycles. The van der Waals surface area contributed by atoms with Crippen LogP contribution in [0.15, 0.2) is 48.7 Å². The van der Waals surface area contributed by atoms with E-state index in [0.717, 1.165) is 34.3 Å². The van der Waals surface area contributed by atoms with Crippen molar-refractivity contribution >= 4 is 27.5 Å². The molecule has 1 atom stereocenters. The van der Waals surface area contributed by atoms with Gasteiger partial charge in [0.05, 0.1) is 27.7 Å². The summed E-state index contributed by atoms with van der Waals surface area (Å²) in [5.74, 6) is -2.88. The first-order valence-electron chi connectivity index (χ1n) is 10.9. The lowest BCUT2D eigenvalue weighted by Crippen LogP contribution is -2.32. The van der Waals surface area contributed by atoms with E-state index in [2.05, 4.69) is 10.3 Å². The number of hydrogen-bond acceptors (Lipinski definition) is 4. The van der Waals surface area contributed by atoms with Gasteiger partial charge < -0.3 is 10.1 Å². The number of hydrogen-bond donors (Lipinski definition) is 1. The van der Waals surface area contributed by atoms with Crippen molar-refractivity contribution in [3.63, 3.8) is 0 Å². The summed E-state index contributed by atoms with van der Waals surface area (Å²) in [5.41, 5.74) is 2.25. The van der Waals surface area contributed by atoms with E-state index in [1.165, 1.54) is 12.3 Å². The maximum atomic E-state index is 14.6. The number of para-hydroxylation sites is 1. The van der Waals surface area contributed by atoms with Gasteiger partial charge in [0.15, 0.2) is 11.6 Å². The normalized spacial score (nSPS) is 15.3. The van der Waals surface area contributed by atoms with Gasteiger partial charge in [-0.2, -0.15) is 0 Å². The molecule has 0 spiro atoms. The molecule has 0 fully saturated rings. The third-order valence-electron chi connectivity index (χ3n) is 5.94. The van der Waals surface area contributed by atoms with Crippen LogP contribution in [0, 0.1) is 17.5 Å². The second-order valence-corrected chi connectivity index (χ2v) is 9.51. The number of rotatable bonds is 4. The van der Waals surface area contributed by atoms with Crippen molar-refractivity contribution in [3.8, 4) is 16.9 Å². The standard InChI is InChI=1S/C26H21F3N2O2S/c1-13(2)21-23-24(15(7-9-30-23)17-11-14(27)12-18(28)22(17)29)34-25(21)26(32)31-19-8-10-33-20-6-4-3-5-16(19)20/h3-7,9,11-13,19H,8,10H2,1-2H3,(H,31,32)/t19-/m0/s1. The molecule has 5 rings (SSSR count). The number of nitrogens with zero attached hydrogens (tertiary/aromatic N) is 1. The van der Waals surface area contributed by atoms with Crippen LogP contribution in [0.5, 0.6) is 5.75 Å². The SMILES string of the molecule is CC(C)c1c(C(=O)N[C@H]2CCOc3ccccc32)sc2c(-c3cc(F)cc(F)c3F)ccnc12. The van der Waals surface area contributed by atoms with Gasteiger partial charge in [-0.25, -0.2) is 13.2 Å². The third-order valence-corrected chi connectivity index (χ3v) is 7.17. The summed E-state index contributed by atoms with van der Waals surface area (Å²) in [4.78, 5) is 18.4. The zero-order valence-electron chi connectivity index (χ0n) is 18.5. The molecule has 3 heterocycles. The summed E-state index contributed by atoms with van der Waals surface area (Å²) < 4.78 is 48.7. The molecule has 0 radical (unpaired) electrons. The average molecular weight is 483 g/mol. The van der Waals surface area contributed by atoms with Crippen LogP contribution in [0.4, 0.5) is 13.2 Å². The van der Waals surface area contributed by atoms with E-state index in [4.69, 9.17) is 4.74 Å². The highest BCUT2D eigenvalue weighted by Crippen LogP contribution is 2.42. The fraction of sp³-hybridized carbons (Fsp3) is 0.231. The number of amides is 1. The monoisotopic (exact) mass is 482 g/mol. The zero-order valence-corrected chi connectivity index (χ0v) is 19.3. The predicted molar refractivity (Wildman–Crippen MR) is 126 cm³/mol. The Morgan fingerprint density at radius 2 is 1.94 bits per heavy atom. The summed E-state index contributed by atoms with van der Waals surface area (Å²) in [6.45, 7) is 4.37. The number of pyridine rings is 1. The highest BCUT2D eigenvalue weighted by atomic mass is 32.1. The molecule has 1 aliphatic heterocycles. The first-order chi connectivity index (χ1) is 16.3. The molecule has 4 nitrogen and oxygen atoms in total. The highest BCUT2D eigenvalue weighted by molar-refractivity contribution is 7.21. The van der Waals surface area contributed by atoms with Crippen LogP contribution in [0.2, 0.25) is 0 Å². The molecule has 1 aliphatic rings. The van der Waals surface area contributed by atoms with Gasteiger partial charge in [-0.3, -0.25) is 9.78 Å². The maximum absolute atomic E-state index is 14.6. The second-order valence-electron chi connectivity index (χ2n) is 8.49. The van der Waals surface area contributed by atoms with Crippen molar-refractivity contribution in [1.82, 2.24) is 10.3 Å². The van der Waals surface area contributed by atoms with Gasteiger partial charge in [-0.1, -0.05) is 32.0 Å². The van der Waals surface area contributed by atoms with Crippen molar-refractivity contribution in [2.75, 3.05) is 6.61 Å². The fourth-order valence-electron chi connectivity index (χ4n) is 4.39. The van der Waals surface area contributed by atoms with Crippen LogP contribution in [0.1, 0.15) is 53.0 Å². The molecular formula is C26H21F3N2O2S. The first-order valence-corrected chi connectivity index (χ1v) is 11.8. The number of ether oxygens (including phenoxy) is 1. The van der Waals surface area contributed by atoms with E-state index in [1.807, 2.05) is 38.1 Å². The molecule has 1 N–H and O–H groups in total. The lowest BCUT2D eigenvalue weighted by molar-refractivity contribution is 0.0928. The lowest BCUT2D eigenvalue weighted by atomic mass is 9.98. The molecule has 174 valence electrons. The molecule has 0 bridgehead atoms. The molecule has 0 saturated heterocycles. The molecule has 2 aromatic carbocycles. The van der Waals surface area contributed by atoms with E-state index in [1.54, 1.807) is 0 Å². The van der Waals surface area contributed by atoms with Crippen molar-refractivity contribution in [1.29, 1.82) is 0 Å². The number of carbonyl (C=O) groups is 1. The molecule has 0 aliphatic carbocycles. The Balaban J connectivity index is 1.61. The van der Waals surface area contributed by atoms with Crippen LogP contribution in [0.3, 0.4) is 0 Å². The fourth-order valence-corrected chi connectivity index (χ4v) is 5.74. The predicted octanol–water partition coefficient (Wildman–Crippen LogP) is 6.76. The van der Waals surface area contributed by atoms with Gasteiger partial charge in [0, 0.05) is 40.9 Å². The van der Waals surface area contributed by atoms with Crippen LogP contribution in [-0.4, -0.2) is 17.5 Å². The van der Waals surface area contributed by atoms with Crippen molar-refractivity contribution in [3.05, 3.63) is 82.1 Å². The maximum Gasteiger partial charge on any atom is 0.262 e. The highest BCUT2D eigenvalue weighted by Gasteiger charge is 2.28. The second kappa shape index (κ2) is 8.76. The first kappa shape index (κ1) is 22.4. The van der Waals surface area contributed by atoms with Crippen LogP contribution >= 0.6 is 11.3 Å². The minimum atomic E-state index is -1.27. The number of carbonyl (C=O) groups excluding carboxylic acids is 1. The quantitative estimate of drug-likeness (QED) is 0.327.